The van der Waals surface area contributed by atoms with Gasteiger partial charge in [-0.2, -0.15) is 0 Å². The summed E-state index contributed by atoms with van der Waals surface area (Å²) in [6, 6.07) is 0. The molecule has 2 heterocycles. The lowest BCUT2D eigenvalue weighted by molar-refractivity contribution is 0.853. The van der Waals surface area contributed by atoms with E-state index in [-0.39, 0.29) is 0 Å². The van der Waals surface area contributed by atoms with Crippen molar-refractivity contribution in [1.29, 1.82) is 0 Å². The van der Waals surface area contributed by atoms with Crippen LogP contribution in [0.15, 0.2) is 24.8 Å². The van der Waals surface area contributed by atoms with Crippen LogP contribution in [-0.4, -0.2) is 19.5 Å². The fourth-order valence-electron chi connectivity index (χ4n) is 1.37. The summed E-state index contributed by atoms with van der Waals surface area (Å²) in [5.74, 6) is 1.84. The Balaban J connectivity index is 2.49. The Morgan fingerprint density at radius 3 is 2.93 bits per heavy atom. The predicted molar refractivity (Wildman–Crippen MR) is 53.3 cm³/mol. The number of hydrogen-bond acceptors (Lipinski definition) is 3. The summed E-state index contributed by atoms with van der Waals surface area (Å²) in [6.07, 6.45) is 8.06. The van der Waals surface area contributed by atoms with Gasteiger partial charge in [-0.3, -0.25) is 9.55 Å². The van der Waals surface area contributed by atoms with Crippen LogP contribution in [0.1, 0.15) is 18.4 Å². The van der Waals surface area contributed by atoms with E-state index in [4.69, 9.17) is 0 Å². The smallest absolute Gasteiger partial charge is 0.156 e. The Morgan fingerprint density at radius 2 is 2.21 bits per heavy atom. The Hall–Kier alpha value is -1.71. The van der Waals surface area contributed by atoms with Gasteiger partial charge in [-0.25, -0.2) is 9.97 Å². The van der Waals surface area contributed by atoms with Crippen molar-refractivity contribution in [2.75, 3.05) is 0 Å². The highest BCUT2D eigenvalue weighted by atomic mass is 15.1. The molecule has 0 N–H and O–H groups in total. The molecule has 72 valence electrons. The molecule has 2 aromatic rings. The molecule has 0 atom stereocenters. The third kappa shape index (κ3) is 1.51. The van der Waals surface area contributed by atoms with Crippen LogP contribution < -0.4 is 0 Å². The van der Waals surface area contributed by atoms with E-state index in [9.17, 15) is 0 Å². The molecule has 0 spiro atoms. The van der Waals surface area contributed by atoms with Crippen LogP contribution in [0.2, 0.25) is 0 Å². The molecule has 0 bridgehead atoms. The van der Waals surface area contributed by atoms with Crippen LogP contribution in [0.3, 0.4) is 0 Å². The maximum atomic E-state index is 4.38. The highest BCUT2D eigenvalue weighted by Gasteiger charge is 2.03. The van der Waals surface area contributed by atoms with Gasteiger partial charge in [0.25, 0.3) is 0 Å². The van der Waals surface area contributed by atoms with Crippen molar-refractivity contribution in [2.24, 2.45) is 0 Å². The van der Waals surface area contributed by atoms with Crippen LogP contribution in [0.25, 0.3) is 5.82 Å². The largest absolute Gasteiger partial charge is 0.287 e. The molecule has 0 radical (unpaired) electrons. The third-order valence-corrected chi connectivity index (χ3v) is 2.02. The summed E-state index contributed by atoms with van der Waals surface area (Å²) in [6.45, 7) is 4.00. The van der Waals surface area contributed by atoms with Crippen LogP contribution in [0.4, 0.5) is 0 Å². The Labute approximate surface area is 82.7 Å². The first-order chi connectivity index (χ1) is 6.81. The van der Waals surface area contributed by atoms with E-state index in [0.717, 1.165) is 23.8 Å². The van der Waals surface area contributed by atoms with Crippen molar-refractivity contribution in [1.82, 2.24) is 19.5 Å². The Bertz CT molecular complexity index is 433. The number of aryl methyl sites for hydroxylation is 2. The van der Waals surface area contributed by atoms with Crippen molar-refractivity contribution >= 4 is 0 Å². The van der Waals surface area contributed by atoms with Gasteiger partial charge in [0, 0.05) is 25.0 Å². The molecule has 0 saturated carbocycles. The van der Waals surface area contributed by atoms with Crippen LogP contribution >= 0.6 is 0 Å². The standard InChI is InChI=1S/C10H12N4/c1-3-9-12-4-5-14(9)10-7-11-6-8(2)13-10/h4-7H,3H2,1-2H3. The van der Waals surface area contributed by atoms with Gasteiger partial charge in [-0.05, 0) is 6.92 Å². The first-order valence-electron chi connectivity index (χ1n) is 4.62. The maximum Gasteiger partial charge on any atom is 0.156 e. The average molecular weight is 188 g/mol. The second-order valence-corrected chi connectivity index (χ2v) is 3.09. The molecule has 0 aliphatic rings. The molecular formula is C10H12N4. The molecule has 2 rings (SSSR count). The van der Waals surface area contributed by atoms with Crippen molar-refractivity contribution in [3.8, 4) is 5.82 Å². The summed E-state index contributed by atoms with van der Waals surface area (Å²) in [5, 5.41) is 0. The van der Waals surface area contributed by atoms with Gasteiger partial charge < -0.3 is 0 Å². The van der Waals surface area contributed by atoms with Gasteiger partial charge in [0.1, 0.15) is 5.82 Å². The minimum Gasteiger partial charge on any atom is -0.287 e. The van der Waals surface area contributed by atoms with E-state index >= 15 is 0 Å². The number of hydrogen-bond donors (Lipinski definition) is 0. The van der Waals surface area contributed by atoms with Gasteiger partial charge in [-0.1, -0.05) is 6.92 Å². The van der Waals surface area contributed by atoms with Crippen LogP contribution in [-0.2, 0) is 6.42 Å². The number of aromatic nitrogens is 4. The van der Waals surface area contributed by atoms with Crippen molar-refractivity contribution in [3.63, 3.8) is 0 Å². The summed E-state index contributed by atoms with van der Waals surface area (Å²) in [4.78, 5) is 12.7. The van der Waals surface area contributed by atoms with E-state index in [1.807, 2.05) is 17.7 Å². The normalized spacial score (nSPS) is 10.4. The summed E-state index contributed by atoms with van der Waals surface area (Å²) >= 11 is 0. The molecular weight excluding hydrogens is 176 g/mol. The van der Waals surface area contributed by atoms with E-state index in [0.29, 0.717) is 0 Å². The fourth-order valence-corrected chi connectivity index (χ4v) is 1.37. The van der Waals surface area contributed by atoms with E-state index in [2.05, 4.69) is 21.9 Å². The lowest BCUT2D eigenvalue weighted by atomic mass is 10.4. The molecule has 14 heavy (non-hydrogen) atoms. The van der Waals surface area contributed by atoms with Gasteiger partial charge in [0.2, 0.25) is 0 Å². The minimum absolute atomic E-state index is 0.833. The zero-order valence-electron chi connectivity index (χ0n) is 8.31. The lowest BCUT2D eigenvalue weighted by Crippen LogP contribution is -2.02. The highest BCUT2D eigenvalue weighted by Crippen LogP contribution is 2.07. The van der Waals surface area contributed by atoms with Crippen molar-refractivity contribution in [3.05, 3.63) is 36.3 Å². The quantitative estimate of drug-likeness (QED) is 0.717. The lowest BCUT2D eigenvalue weighted by Gasteiger charge is -2.04. The molecule has 0 aliphatic heterocycles. The zero-order chi connectivity index (χ0) is 9.97. The zero-order valence-corrected chi connectivity index (χ0v) is 8.31. The minimum atomic E-state index is 0.833. The molecule has 4 nitrogen and oxygen atoms in total. The van der Waals surface area contributed by atoms with Gasteiger partial charge in [0.05, 0.1) is 11.9 Å². The van der Waals surface area contributed by atoms with Crippen LogP contribution in [0.5, 0.6) is 0 Å². The molecule has 0 amide bonds. The number of imidazole rings is 1. The Kier molecular flexibility index (Phi) is 2.26. The second-order valence-electron chi connectivity index (χ2n) is 3.09. The Morgan fingerprint density at radius 1 is 1.36 bits per heavy atom. The highest BCUT2D eigenvalue weighted by molar-refractivity contribution is 5.22. The monoisotopic (exact) mass is 188 g/mol. The molecule has 4 heteroatoms. The van der Waals surface area contributed by atoms with E-state index < -0.39 is 0 Å². The van der Waals surface area contributed by atoms with E-state index in [1.54, 1.807) is 18.6 Å². The first kappa shape index (κ1) is 8.87. The van der Waals surface area contributed by atoms with Crippen molar-refractivity contribution < 1.29 is 0 Å². The summed E-state index contributed by atoms with van der Waals surface area (Å²) < 4.78 is 1.96. The number of rotatable bonds is 2. The van der Waals surface area contributed by atoms with Gasteiger partial charge >= 0.3 is 0 Å². The molecule has 0 unspecified atom stereocenters. The fraction of sp³-hybridized carbons (Fsp3) is 0.300. The summed E-state index contributed by atoms with van der Waals surface area (Å²) in [7, 11) is 0. The van der Waals surface area contributed by atoms with Gasteiger partial charge in [0.15, 0.2) is 5.82 Å². The first-order valence-corrected chi connectivity index (χ1v) is 4.62. The molecule has 0 aromatic carbocycles. The summed E-state index contributed by atoms with van der Waals surface area (Å²) in [5.41, 5.74) is 0.915. The second kappa shape index (κ2) is 3.57. The maximum absolute atomic E-state index is 4.38. The molecule has 2 aromatic heterocycles. The van der Waals surface area contributed by atoms with Crippen LogP contribution in [0, 0.1) is 6.92 Å². The van der Waals surface area contributed by atoms with Crippen molar-refractivity contribution in [2.45, 2.75) is 20.3 Å². The van der Waals surface area contributed by atoms with Gasteiger partial charge in [-0.15, -0.1) is 0 Å². The number of nitrogens with zero attached hydrogens (tertiary/aromatic N) is 4. The van der Waals surface area contributed by atoms with E-state index in [1.165, 1.54) is 0 Å². The average Bonchev–Trinajstić information content (AvgIpc) is 2.65. The topological polar surface area (TPSA) is 43.6 Å². The molecule has 0 fully saturated rings. The predicted octanol–water partition coefficient (Wildman–Crippen LogP) is 1.53. The third-order valence-electron chi connectivity index (χ3n) is 2.02. The SMILES string of the molecule is CCc1nccn1-c1cncc(C)n1. The molecule has 0 aliphatic carbocycles. The molecule has 0 saturated heterocycles.